The van der Waals surface area contributed by atoms with Gasteiger partial charge in [-0.2, -0.15) is 9.78 Å². The molecule has 194 valence electrons. The predicted molar refractivity (Wildman–Crippen MR) is 159 cm³/mol. The van der Waals surface area contributed by atoms with E-state index in [1.54, 1.807) is 24.4 Å². The van der Waals surface area contributed by atoms with Gasteiger partial charge in [0.05, 0.1) is 22.8 Å². The normalized spacial score (nSPS) is 11.8. The number of rotatable bonds is 4. The second kappa shape index (κ2) is 9.40. The second-order valence-corrected chi connectivity index (χ2v) is 10.5. The topological polar surface area (TPSA) is 65.3 Å². The first-order valence-electron chi connectivity index (χ1n) is 12.7. The molecule has 0 bridgehead atoms. The molecule has 6 rings (SSSR count). The van der Waals surface area contributed by atoms with Crippen LogP contribution in [0.2, 0.25) is 5.02 Å². The Bertz CT molecular complexity index is 1990. The molecule has 3 aromatic carbocycles. The van der Waals surface area contributed by atoms with Crippen molar-refractivity contribution >= 4 is 39.7 Å². The minimum atomic E-state index is -0.274. The third-order valence-corrected chi connectivity index (χ3v) is 7.33. The molecule has 0 N–H and O–H groups in total. The maximum atomic E-state index is 13.7. The van der Waals surface area contributed by atoms with Crippen LogP contribution in [0.4, 0.5) is 0 Å². The molecule has 0 fully saturated rings. The van der Waals surface area contributed by atoms with Crippen LogP contribution < -0.4 is 5.56 Å². The highest BCUT2D eigenvalue weighted by Gasteiger charge is 2.18. The number of aryl methyl sites for hydroxylation is 4. The third kappa shape index (κ3) is 4.27. The number of para-hydroxylation sites is 1. The van der Waals surface area contributed by atoms with Crippen LogP contribution >= 0.6 is 11.6 Å². The fourth-order valence-electron chi connectivity index (χ4n) is 5.42. The Balaban J connectivity index is 1.52. The highest BCUT2D eigenvalue weighted by molar-refractivity contribution is 6.31. The molecule has 6 nitrogen and oxygen atoms in total. The number of furan rings is 1. The van der Waals surface area contributed by atoms with Gasteiger partial charge in [-0.05, 0) is 88.2 Å². The molecule has 0 amide bonds. The summed E-state index contributed by atoms with van der Waals surface area (Å²) in [6.45, 7) is 10.5. The van der Waals surface area contributed by atoms with Crippen molar-refractivity contribution in [3.05, 3.63) is 116 Å². The molecular weight excluding hydrogens is 508 g/mol. The molecule has 0 aliphatic rings. The zero-order valence-electron chi connectivity index (χ0n) is 22.4. The molecule has 3 heterocycles. The van der Waals surface area contributed by atoms with Crippen LogP contribution in [-0.2, 0) is 0 Å². The largest absolute Gasteiger partial charge is 0.453 e. The first-order valence-corrected chi connectivity index (χ1v) is 13.1. The second-order valence-electron chi connectivity index (χ2n) is 10.0. The van der Waals surface area contributed by atoms with E-state index in [1.807, 2.05) is 30.3 Å². The van der Waals surface area contributed by atoms with Crippen molar-refractivity contribution in [3.8, 4) is 17.3 Å². The number of fused-ring (bicyclic) bond motifs is 2. The molecular formula is C32H27ClN4O2. The zero-order valence-corrected chi connectivity index (χ0v) is 23.2. The Morgan fingerprint density at radius 2 is 1.67 bits per heavy atom. The fraction of sp³-hybridized carbons (Fsp3) is 0.156. The molecule has 0 atom stereocenters. The monoisotopic (exact) mass is 534 g/mol. The van der Waals surface area contributed by atoms with Crippen molar-refractivity contribution in [2.75, 3.05) is 0 Å². The van der Waals surface area contributed by atoms with E-state index in [1.165, 1.54) is 27.1 Å². The van der Waals surface area contributed by atoms with E-state index in [0.717, 1.165) is 22.3 Å². The summed E-state index contributed by atoms with van der Waals surface area (Å²) < 4.78 is 9.65. The van der Waals surface area contributed by atoms with Crippen LogP contribution in [0.1, 0.15) is 33.6 Å². The smallest absolute Gasteiger partial charge is 0.282 e. The SMILES string of the molecule is Cc1cc(C)c(-n2c(C)cc(C=Nn3c(-c4cc5cc(Cl)ccc5o4)nc4ccccc4c3=O)c2C)c(C)c1. The van der Waals surface area contributed by atoms with Crippen LogP contribution in [0.25, 0.3) is 39.1 Å². The molecule has 3 aromatic heterocycles. The van der Waals surface area contributed by atoms with Crippen molar-refractivity contribution < 1.29 is 4.42 Å². The first-order chi connectivity index (χ1) is 18.7. The summed E-state index contributed by atoms with van der Waals surface area (Å²) in [5, 5.41) is 6.58. The Morgan fingerprint density at radius 3 is 2.44 bits per heavy atom. The Labute approximate surface area is 230 Å². The Kier molecular flexibility index (Phi) is 6.00. The lowest BCUT2D eigenvalue weighted by Crippen LogP contribution is -2.20. The van der Waals surface area contributed by atoms with Crippen LogP contribution in [0.15, 0.2) is 81.0 Å². The summed E-state index contributed by atoms with van der Waals surface area (Å²) in [7, 11) is 0. The van der Waals surface area contributed by atoms with E-state index in [2.05, 4.69) is 62.5 Å². The lowest BCUT2D eigenvalue weighted by Gasteiger charge is -2.16. The quantitative estimate of drug-likeness (QED) is 0.218. The van der Waals surface area contributed by atoms with Crippen molar-refractivity contribution in [2.45, 2.75) is 34.6 Å². The van der Waals surface area contributed by atoms with E-state index >= 15 is 0 Å². The van der Waals surface area contributed by atoms with Gasteiger partial charge in [0.15, 0.2) is 5.76 Å². The van der Waals surface area contributed by atoms with Crippen LogP contribution in [0.5, 0.6) is 0 Å². The molecule has 0 radical (unpaired) electrons. The van der Waals surface area contributed by atoms with Gasteiger partial charge in [0.2, 0.25) is 5.82 Å². The van der Waals surface area contributed by atoms with Gasteiger partial charge in [0, 0.05) is 27.4 Å². The zero-order chi connectivity index (χ0) is 27.4. The van der Waals surface area contributed by atoms with Gasteiger partial charge in [-0.1, -0.05) is 41.4 Å². The number of benzene rings is 3. The molecule has 6 aromatic rings. The van der Waals surface area contributed by atoms with Crippen molar-refractivity contribution in [2.24, 2.45) is 5.10 Å². The molecule has 0 aliphatic carbocycles. The van der Waals surface area contributed by atoms with Crippen molar-refractivity contribution in [1.29, 1.82) is 0 Å². The van der Waals surface area contributed by atoms with Crippen molar-refractivity contribution in [3.63, 3.8) is 0 Å². The first kappa shape index (κ1) is 24.9. The van der Waals surface area contributed by atoms with E-state index in [9.17, 15) is 4.79 Å². The number of nitrogens with zero attached hydrogens (tertiary/aromatic N) is 4. The molecule has 0 saturated heterocycles. The van der Waals surface area contributed by atoms with Gasteiger partial charge < -0.3 is 8.98 Å². The summed E-state index contributed by atoms with van der Waals surface area (Å²) in [6.07, 6.45) is 1.72. The molecule has 0 unspecified atom stereocenters. The summed E-state index contributed by atoms with van der Waals surface area (Å²) in [5.41, 5.74) is 8.81. The Morgan fingerprint density at radius 1 is 0.923 bits per heavy atom. The van der Waals surface area contributed by atoms with Gasteiger partial charge in [-0.15, -0.1) is 0 Å². The lowest BCUT2D eigenvalue weighted by atomic mass is 10.0. The Hall–Kier alpha value is -4.42. The molecule has 39 heavy (non-hydrogen) atoms. The highest BCUT2D eigenvalue weighted by atomic mass is 35.5. The van der Waals surface area contributed by atoms with Gasteiger partial charge in [-0.25, -0.2) is 4.98 Å². The maximum Gasteiger partial charge on any atom is 0.282 e. The van der Waals surface area contributed by atoms with Crippen LogP contribution in [0, 0.1) is 34.6 Å². The molecule has 7 heteroatoms. The van der Waals surface area contributed by atoms with Gasteiger partial charge in [0.25, 0.3) is 5.56 Å². The molecule has 0 saturated carbocycles. The van der Waals surface area contributed by atoms with Gasteiger partial charge in [0.1, 0.15) is 5.58 Å². The third-order valence-electron chi connectivity index (χ3n) is 7.09. The minimum Gasteiger partial charge on any atom is -0.453 e. The number of halogens is 1. The predicted octanol–water partition coefficient (Wildman–Crippen LogP) is 7.68. The highest BCUT2D eigenvalue weighted by Crippen LogP contribution is 2.30. The fourth-order valence-corrected chi connectivity index (χ4v) is 5.60. The molecule has 0 aliphatic heterocycles. The summed E-state index contributed by atoms with van der Waals surface area (Å²) in [4.78, 5) is 18.4. The molecule has 0 spiro atoms. The summed E-state index contributed by atoms with van der Waals surface area (Å²) in [6, 6.07) is 20.9. The number of aromatic nitrogens is 3. The average molecular weight is 535 g/mol. The standard InChI is InChI=1S/C32H27ClN4O2/c1-18-12-19(2)30(20(3)13-18)36-21(4)14-24(22(36)5)17-34-37-31(35-27-9-7-6-8-26(27)32(37)38)29-16-23-15-25(33)10-11-28(23)39-29/h6-17H,1-5H3. The number of hydrogen-bond donors (Lipinski definition) is 0. The maximum absolute atomic E-state index is 13.7. The average Bonchev–Trinajstić information content (AvgIpc) is 3.43. The number of hydrogen-bond acceptors (Lipinski definition) is 4. The van der Waals surface area contributed by atoms with E-state index < -0.39 is 0 Å². The summed E-state index contributed by atoms with van der Waals surface area (Å²) >= 11 is 6.19. The van der Waals surface area contributed by atoms with E-state index in [0.29, 0.717) is 33.1 Å². The van der Waals surface area contributed by atoms with Crippen molar-refractivity contribution in [1.82, 2.24) is 14.2 Å². The van der Waals surface area contributed by atoms with Crippen LogP contribution in [-0.4, -0.2) is 20.4 Å². The van der Waals surface area contributed by atoms with Gasteiger partial charge >= 0.3 is 0 Å². The van der Waals surface area contributed by atoms with E-state index in [4.69, 9.17) is 21.0 Å². The minimum absolute atomic E-state index is 0.274. The summed E-state index contributed by atoms with van der Waals surface area (Å²) in [5.74, 6) is 0.755. The lowest BCUT2D eigenvalue weighted by molar-refractivity contribution is 0.616. The van der Waals surface area contributed by atoms with Gasteiger partial charge in [-0.3, -0.25) is 4.79 Å². The van der Waals surface area contributed by atoms with E-state index in [-0.39, 0.29) is 5.56 Å². The van der Waals surface area contributed by atoms with Crippen LogP contribution in [0.3, 0.4) is 0 Å².